The fourth-order valence-electron chi connectivity index (χ4n) is 3.19. The summed E-state index contributed by atoms with van der Waals surface area (Å²) in [7, 11) is 0. The van der Waals surface area contributed by atoms with Crippen LogP contribution < -0.4 is 5.32 Å². The first-order valence-corrected chi connectivity index (χ1v) is 12.1. The number of nitrogens with zero attached hydrogens (tertiary/aromatic N) is 2. The molecule has 0 atom stereocenters. The van der Waals surface area contributed by atoms with Crippen LogP contribution in [0.3, 0.4) is 0 Å². The number of halogens is 1. The van der Waals surface area contributed by atoms with Gasteiger partial charge in [-0.25, -0.2) is 0 Å². The van der Waals surface area contributed by atoms with Crippen LogP contribution in [0.4, 0.5) is 5.13 Å². The SMILES string of the molecule is O=C(Nc1nnc(SCc2cccc3ccccc23)s1)c1sc2ccccc2c1Cl. The van der Waals surface area contributed by atoms with Gasteiger partial charge in [0.2, 0.25) is 5.13 Å². The standard InChI is InChI=1S/C22H14ClN3OS3/c23-18-16-10-3-4-11-17(16)29-19(18)20(27)24-21-25-26-22(30-21)28-12-14-8-5-7-13-6-1-2-9-15(13)14/h1-11H,12H2,(H,24,25,27). The maximum atomic E-state index is 12.7. The highest BCUT2D eigenvalue weighted by Crippen LogP contribution is 2.36. The van der Waals surface area contributed by atoms with Gasteiger partial charge in [0.25, 0.3) is 5.91 Å². The van der Waals surface area contributed by atoms with Crippen LogP contribution in [0, 0.1) is 0 Å². The zero-order valence-corrected chi connectivity index (χ0v) is 18.7. The van der Waals surface area contributed by atoms with E-state index in [1.165, 1.54) is 39.0 Å². The lowest BCUT2D eigenvalue weighted by Gasteiger charge is -2.04. The Labute approximate surface area is 189 Å². The monoisotopic (exact) mass is 467 g/mol. The summed E-state index contributed by atoms with van der Waals surface area (Å²) in [5.41, 5.74) is 1.25. The van der Waals surface area contributed by atoms with Crippen LogP contribution in [-0.2, 0) is 5.75 Å². The van der Waals surface area contributed by atoms with E-state index in [1.54, 1.807) is 11.8 Å². The zero-order valence-electron chi connectivity index (χ0n) is 15.5. The number of thiophene rings is 1. The van der Waals surface area contributed by atoms with Gasteiger partial charge < -0.3 is 0 Å². The molecule has 4 nitrogen and oxygen atoms in total. The van der Waals surface area contributed by atoms with E-state index in [1.807, 2.05) is 36.4 Å². The van der Waals surface area contributed by atoms with Gasteiger partial charge in [-0.05, 0) is 22.4 Å². The van der Waals surface area contributed by atoms with Crippen molar-refractivity contribution in [3.05, 3.63) is 82.2 Å². The summed E-state index contributed by atoms with van der Waals surface area (Å²) >= 11 is 10.7. The zero-order chi connectivity index (χ0) is 20.5. The van der Waals surface area contributed by atoms with Crippen LogP contribution in [0.5, 0.6) is 0 Å². The van der Waals surface area contributed by atoms with Crippen LogP contribution in [0.2, 0.25) is 5.02 Å². The van der Waals surface area contributed by atoms with E-state index in [-0.39, 0.29) is 5.91 Å². The molecule has 5 rings (SSSR count). The summed E-state index contributed by atoms with van der Waals surface area (Å²) in [6, 6.07) is 22.4. The molecule has 0 aliphatic rings. The Morgan fingerprint density at radius 3 is 2.57 bits per heavy atom. The van der Waals surface area contributed by atoms with Crippen molar-refractivity contribution in [1.82, 2.24) is 10.2 Å². The van der Waals surface area contributed by atoms with Gasteiger partial charge in [0.1, 0.15) is 4.88 Å². The van der Waals surface area contributed by atoms with Crippen molar-refractivity contribution >= 4 is 77.9 Å². The maximum Gasteiger partial charge on any atom is 0.269 e. The van der Waals surface area contributed by atoms with Gasteiger partial charge in [-0.3, -0.25) is 10.1 Å². The fourth-order valence-corrected chi connectivity index (χ4v) is 6.35. The highest BCUT2D eigenvalue weighted by atomic mass is 35.5. The Morgan fingerprint density at radius 1 is 0.933 bits per heavy atom. The van der Waals surface area contributed by atoms with Crippen molar-refractivity contribution in [2.45, 2.75) is 10.1 Å². The van der Waals surface area contributed by atoms with Gasteiger partial charge in [0, 0.05) is 15.8 Å². The Bertz CT molecular complexity index is 1370. The van der Waals surface area contributed by atoms with Crippen molar-refractivity contribution in [2.75, 3.05) is 5.32 Å². The van der Waals surface area contributed by atoms with Gasteiger partial charge in [-0.2, -0.15) is 0 Å². The molecule has 0 saturated heterocycles. The number of nitrogens with one attached hydrogen (secondary N) is 1. The lowest BCUT2D eigenvalue weighted by molar-refractivity contribution is 0.103. The molecule has 0 saturated carbocycles. The van der Waals surface area contributed by atoms with Gasteiger partial charge in [-0.15, -0.1) is 21.5 Å². The summed E-state index contributed by atoms with van der Waals surface area (Å²) in [6.45, 7) is 0. The number of amides is 1. The number of anilines is 1. The molecule has 0 unspecified atom stereocenters. The molecule has 5 aromatic rings. The lowest BCUT2D eigenvalue weighted by Crippen LogP contribution is -2.10. The lowest BCUT2D eigenvalue weighted by atomic mass is 10.1. The number of benzene rings is 3. The third-order valence-electron chi connectivity index (χ3n) is 4.60. The molecule has 8 heteroatoms. The Kier molecular flexibility index (Phi) is 5.43. The molecule has 3 aromatic carbocycles. The van der Waals surface area contributed by atoms with Crippen LogP contribution in [0.15, 0.2) is 71.1 Å². The second kappa shape index (κ2) is 8.35. The summed E-state index contributed by atoms with van der Waals surface area (Å²) in [5.74, 6) is 0.523. The molecule has 0 aliphatic heterocycles. The van der Waals surface area contributed by atoms with E-state index in [4.69, 9.17) is 11.6 Å². The summed E-state index contributed by atoms with van der Waals surface area (Å²) in [5, 5.41) is 15.4. The topological polar surface area (TPSA) is 54.9 Å². The minimum Gasteiger partial charge on any atom is -0.296 e. The minimum absolute atomic E-state index is 0.261. The number of rotatable bonds is 5. The van der Waals surface area contributed by atoms with E-state index >= 15 is 0 Å². The molecule has 0 radical (unpaired) electrons. The number of hydrogen-bond acceptors (Lipinski definition) is 6. The van der Waals surface area contributed by atoms with E-state index in [2.05, 4.69) is 45.8 Å². The highest BCUT2D eigenvalue weighted by molar-refractivity contribution is 8.00. The summed E-state index contributed by atoms with van der Waals surface area (Å²) < 4.78 is 1.79. The number of thioether (sulfide) groups is 1. The van der Waals surface area contributed by atoms with Gasteiger partial charge in [-0.1, -0.05) is 95.4 Å². The van der Waals surface area contributed by atoms with Crippen molar-refractivity contribution in [3.8, 4) is 0 Å². The fraction of sp³-hybridized carbons (Fsp3) is 0.0455. The molecular weight excluding hydrogens is 454 g/mol. The van der Waals surface area contributed by atoms with Crippen molar-refractivity contribution in [3.63, 3.8) is 0 Å². The first kappa shape index (κ1) is 19.5. The molecule has 148 valence electrons. The number of carbonyl (C=O) groups is 1. The quantitative estimate of drug-likeness (QED) is 0.221. The van der Waals surface area contributed by atoms with Crippen molar-refractivity contribution in [1.29, 1.82) is 0 Å². The third-order valence-corrected chi connectivity index (χ3v) is 8.29. The Morgan fingerprint density at radius 2 is 1.70 bits per heavy atom. The predicted molar refractivity (Wildman–Crippen MR) is 128 cm³/mol. The van der Waals surface area contributed by atoms with Crippen LogP contribution in [0.1, 0.15) is 15.2 Å². The summed E-state index contributed by atoms with van der Waals surface area (Å²) in [4.78, 5) is 13.2. The minimum atomic E-state index is -0.261. The second-order valence-corrected chi connectivity index (χ2v) is 10.1. The van der Waals surface area contributed by atoms with Gasteiger partial charge in [0.05, 0.1) is 5.02 Å². The normalized spacial score (nSPS) is 11.2. The van der Waals surface area contributed by atoms with Gasteiger partial charge >= 0.3 is 0 Å². The average molecular weight is 468 g/mol. The van der Waals surface area contributed by atoms with Gasteiger partial charge in [0.15, 0.2) is 4.34 Å². The molecule has 0 spiro atoms. The molecule has 2 aromatic heterocycles. The van der Waals surface area contributed by atoms with Crippen LogP contribution in [-0.4, -0.2) is 16.1 Å². The number of fused-ring (bicyclic) bond motifs is 2. The first-order chi connectivity index (χ1) is 14.7. The summed E-state index contributed by atoms with van der Waals surface area (Å²) in [6.07, 6.45) is 0. The van der Waals surface area contributed by atoms with Crippen molar-refractivity contribution < 1.29 is 4.79 Å². The molecule has 30 heavy (non-hydrogen) atoms. The Hall–Kier alpha value is -2.45. The molecule has 1 N–H and O–H groups in total. The first-order valence-electron chi connectivity index (χ1n) is 9.10. The molecule has 1 amide bonds. The molecule has 0 fully saturated rings. The maximum absolute atomic E-state index is 12.7. The number of aromatic nitrogens is 2. The van der Waals surface area contributed by atoms with E-state index < -0.39 is 0 Å². The van der Waals surface area contributed by atoms with Crippen molar-refractivity contribution in [2.24, 2.45) is 0 Å². The second-order valence-electron chi connectivity index (χ2n) is 6.50. The number of carbonyl (C=O) groups excluding carboxylic acids is 1. The van der Waals surface area contributed by atoms with E-state index in [0.29, 0.717) is 15.0 Å². The molecular formula is C22H14ClN3OS3. The smallest absolute Gasteiger partial charge is 0.269 e. The molecule has 0 aliphatic carbocycles. The molecule has 2 heterocycles. The number of hydrogen-bond donors (Lipinski definition) is 1. The Balaban J connectivity index is 1.29. The van der Waals surface area contributed by atoms with E-state index in [9.17, 15) is 4.79 Å². The highest BCUT2D eigenvalue weighted by Gasteiger charge is 2.18. The third kappa shape index (κ3) is 3.81. The van der Waals surface area contributed by atoms with Crippen LogP contribution in [0.25, 0.3) is 20.9 Å². The van der Waals surface area contributed by atoms with Crippen LogP contribution >= 0.6 is 46.0 Å². The van der Waals surface area contributed by atoms with E-state index in [0.717, 1.165) is 20.2 Å². The average Bonchev–Trinajstić information content (AvgIpc) is 3.36. The predicted octanol–water partition coefficient (Wildman–Crippen LogP) is 7.10. The largest absolute Gasteiger partial charge is 0.296 e. The molecule has 0 bridgehead atoms.